The number of likely N-dealkylation sites (N-methyl/N-ethyl adjacent to an activating group) is 1. The highest BCUT2D eigenvalue weighted by molar-refractivity contribution is 5.81. The van der Waals surface area contributed by atoms with Crippen molar-refractivity contribution in [3.8, 4) is 6.07 Å². The van der Waals surface area contributed by atoms with Crippen LogP contribution in [0.4, 0.5) is 14.5 Å². The van der Waals surface area contributed by atoms with Crippen LogP contribution in [0.3, 0.4) is 0 Å². The van der Waals surface area contributed by atoms with Gasteiger partial charge in [0.2, 0.25) is 5.91 Å². The Bertz CT molecular complexity index is 554. The van der Waals surface area contributed by atoms with E-state index in [4.69, 9.17) is 5.26 Å². The summed E-state index contributed by atoms with van der Waals surface area (Å²) in [6.45, 7) is 1.08. The van der Waals surface area contributed by atoms with E-state index < -0.39 is 11.6 Å². The molecular weight excluding hydrogens is 252 g/mol. The average molecular weight is 265 g/mol. The molecule has 1 saturated heterocycles. The molecule has 1 aliphatic rings. The van der Waals surface area contributed by atoms with E-state index in [1.54, 1.807) is 18.0 Å². The molecule has 1 amide bonds. The summed E-state index contributed by atoms with van der Waals surface area (Å²) in [5.41, 5.74) is -0.306. The second-order valence-electron chi connectivity index (χ2n) is 4.46. The third-order valence-corrected chi connectivity index (χ3v) is 3.20. The van der Waals surface area contributed by atoms with Gasteiger partial charge < -0.3 is 9.80 Å². The summed E-state index contributed by atoms with van der Waals surface area (Å²) in [5, 5.41) is 8.63. The molecule has 6 heteroatoms. The number of hydrogen-bond acceptors (Lipinski definition) is 3. The summed E-state index contributed by atoms with van der Waals surface area (Å²) in [6, 6.07) is 4.16. The minimum Gasteiger partial charge on any atom is -0.360 e. The number of nitriles is 1. The molecule has 0 spiro atoms. The predicted octanol–water partition coefficient (Wildman–Crippen LogP) is 1.50. The van der Waals surface area contributed by atoms with Gasteiger partial charge in [0.05, 0.1) is 17.8 Å². The SMILES string of the molecule is CN1CCCN(c2ccc(C#N)c(F)c2F)CC1=O. The largest absolute Gasteiger partial charge is 0.360 e. The first-order valence-corrected chi connectivity index (χ1v) is 5.91. The van der Waals surface area contributed by atoms with Crippen LogP contribution >= 0.6 is 0 Å². The van der Waals surface area contributed by atoms with Crippen LogP contribution in [-0.2, 0) is 4.79 Å². The molecular formula is C13H13F2N3O. The van der Waals surface area contributed by atoms with Crippen molar-refractivity contribution in [2.24, 2.45) is 0 Å². The van der Waals surface area contributed by atoms with Crippen molar-refractivity contribution in [1.82, 2.24) is 4.90 Å². The van der Waals surface area contributed by atoms with Crippen LogP contribution in [0.2, 0.25) is 0 Å². The lowest BCUT2D eigenvalue weighted by molar-refractivity contribution is -0.127. The van der Waals surface area contributed by atoms with Gasteiger partial charge in [0.15, 0.2) is 11.6 Å². The Hall–Kier alpha value is -2.16. The molecule has 1 heterocycles. The minimum absolute atomic E-state index is 0.0127. The summed E-state index contributed by atoms with van der Waals surface area (Å²) < 4.78 is 27.5. The van der Waals surface area contributed by atoms with E-state index >= 15 is 0 Å². The highest BCUT2D eigenvalue weighted by Crippen LogP contribution is 2.25. The van der Waals surface area contributed by atoms with E-state index in [0.717, 1.165) is 0 Å². The number of hydrogen-bond donors (Lipinski definition) is 0. The number of anilines is 1. The lowest BCUT2D eigenvalue weighted by Gasteiger charge is -2.22. The second-order valence-corrected chi connectivity index (χ2v) is 4.46. The van der Waals surface area contributed by atoms with Crippen molar-refractivity contribution in [2.45, 2.75) is 6.42 Å². The van der Waals surface area contributed by atoms with Crippen LogP contribution in [0, 0.1) is 23.0 Å². The lowest BCUT2D eigenvalue weighted by atomic mass is 10.1. The van der Waals surface area contributed by atoms with Crippen molar-refractivity contribution < 1.29 is 13.6 Å². The molecule has 1 aromatic rings. The van der Waals surface area contributed by atoms with Gasteiger partial charge in [-0.3, -0.25) is 4.79 Å². The number of benzene rings is 1. The van der Waals surface area contributed by atoms with Gasteiger partial charge in [0, 0.05) is 20.1 Å². The summed E-state index contributed by atoms with van der Waals surface area (Å²) in [5.74, 6) is -2.37. The smallest absolute Gasteiger partial charge is 0.241 e. The molecule has 0 saturated carbocycles. The predicted molar refractivity (Wildman–Crippen MR) is 65.5 cm³/mol. The molecule has 0 radical (unpaired) electrons. The van der Waals surface area contributed by atoms with Crippen molar-refractivity contribution in [3.05, 3.63) is 29.3 Å². The average Bonchev–Trinajstić information content (AvgIpc) is 2.55. The molecule has 0 atom stereocenters. The van der Waals surface area contributed by atoms with Gasteiger partial charge in [-0.2, -0.15) is 5.26 Å². The summed E-state index contributed by atoms with van der Waals surface area (Å²) in [7, 11) is 1.68. The Morgan fingerprint density at radius 2 is 2.00 bits per heavy atom. The topological polar surface area (TPSA) is 47.3 Å². The normalized spacial score (nSPS) is 16.2. The van der Waals surface area contributed by atoms with Crippen molar-refractivity contribution in [2.75, 3.05) is 31.6 Å². The van der Waals surface area contributed by atoms with Gasteiger partial charge in [-0.05, 0) is 18.6 Å². The maximum Gasteiger partial charge on any atom is 0.241 e. The van der Waals surface area contributed by atoms with Crippen molar-refractivity contribution in [1.29, 1.82) is 5.26 Å². The Labute approximate surface area is 109 Å². The molecule has 0 unspecified atom stereocenters. The molecule has 1 fully saturated rings. The van der Waals surface area contributed by atoms with E-state index in [1.165, 1.54) is 17.0 Å². The fourth-order valence-electron chi connectivity index (χ4n) is 2.06. The van der Waals surface area contributed by atoms with Crippen LogP contribution in [0.25, 0.3) is 0 Å². The molecule has 100 valence electrons. The number of rotatable bonds is 1. The summed E-state index contributed by atoms with van der Waals surface area (Å²) in [6.07, 6.45) is 0.684. The highest BCUT2D eigenvalue weighted by Gasteiger charge is 2.23. The number of carbonyl (C=O) groups excluding carboxylic acids is 1. The van der Waals surface area contributed by atoms with E-state index in [-0.39, 0.29) is 23.7 Å². The zero-order valence-corrected chi connectivity index (χ0v) is 10.5. The molecule has 0 aromatic heterocycles. The molecule has 2 rings (SSSR count). The van der Waals surface area contributed by atoms with Gasteiger partial charge in [0.1, 0.15) is 6.07 Å². The van der Waals surface area contributed by atoms with Crippen molar-refractivity contribution in [3.63, 3.8) is 0 Å². The number of nitrogens with zero attached hydrogens (tertiary/aromatic N) is 3. The quantitative estimate of drug-likeness (QED) is 0.773. The van der Waals surface area contributed by atoms with Gasteiger partial charge in [-0.25, -0.2) is 8.78 Å². The van der Waals surface area contributed by atoms with Crippen molar-refractivity contribution >= 4 is 11.6 Å². The lowest BCUT2D eigenvalue weighted by Crippen LogP contribution is -2.34. The fraction of sp³-hybridized carbons (Fsp3) is 0.385. The molecule has 19 heavy (non-hydrogen) atoms. The van der Waals surface area contributed by atoms with Crippen LogP contribution in [-0.4, -0.2) is 37.5 Å². The van der Waals surface area contributed by atoms with E-state index in [1.807, 2.05) is 0 Å². The highest BCUT2D eigenvalue weighted by atomic mass is 19.2. The maximum absolute atomic E-state index is 13.9. The Morgan fingerprint density at radius 1 is 1.26 bits per heavy atom. The first-order chi connectivity index (χ1) is 9.04. The van der Waals surface area contributed by atoms with Gasteiger partial charge >= 0.3 is 0 Å². The minimum atomic E-state index is -1.16. The molecule has 1 aromatic carbocycles. The fourth-order valence-corrected chi connectivity index (χ4v) is 2.06. The van der Waals surface area contributed by atoms with Gasteiger partial charge in [0.25, 0.3) is 0 Å². The third-order valence-electron chi connectivity index (χ3n) is 3.20. The molecule has 0 aliphatic carbocycles. The van der Waals surface area contributed by atoms with E-state index in [0.29, 0.717) is 19.5 Å². The first kappa shape index (κ1) is 13.3. The standard InChI is InChI=1S/C13H13F2N3O/c1-17-5-2-6-18(8-11(17)19)10-4-3-9(7-16)12(14)13(10)15/h3-4H,2,5-6,8H2,1H3. The van der Waals surface area contributed by atoms with E-state index in [9.17, 15) is 13.6 Å². The molecule has 1 aliphatic heterocycles. The monoisotopic (exact) mass is 265 g/mol. The second kappa shape index (κ2) is 5.22. The molecule has 0 N–H and O–H groups in total. The van der Waals surface area contributed by atoms with Gasteiger partial charge in [-0.1, -0.05) is 0 Å². The van der Waals surface area contributed by atoms with Crippen LogP contribution < -0.4 is 4.90 Å². The number of halogens is 2. The Morgan fingerprint density at radius 3 is 2.68 bits per heavy atom. The molecule has 4 nitrogen and oxygen atoms in total. The Balaban J connectivity index is 2.34. The van der Waals surface area contributed by atoms with E-state index in [2.05, 4.69) is 0 Å². The number of amides is 1. The van der Waals surface area contributed by atoms with Crippen LogP contribution in [0.5, 0.6) is 0 Å². The maximum atomic E-state index is 13.9. The first-order valence-electron chi connectivity index (χ1n) is 5.91. The Kier molecular flexibility index (Phi) is 3.65. The zero-order chi connectivity index (χ0) is 14.0. The van der Waals surface area contributed by atoms with Gasteiger partial charge in [-0.15, -0.1) is 0 Å². The van der Waals surface area contributed by atoms with Crippen LogP contribution in [0.1, 0.15) is 12.0 Å². The molecule has 0 bridgehead atoms. The zero-order valence-electron chi connectivity index (χ0n) is 10.5. The van der Waals surface area contributed by atoms with Crippen LogP contribution in [0.15, 0.2) is 12.1 Å². The summed E-state index contributed by atoms with van der Waals surface area (Å²) in [4.78, 5) is 14.8. The number of carbonyl (C=O) groups is 1. The summed E-state index contributed by atoms with van der Waals surface area (Å²) >= 11 is 0. The third kappa shape index (κ3) is 2.50.